The van der Waals surface area contributed by atoms with Gasteiger partial charge in [0.1, 0.15) is 17.9 Å². The van der Waals surface area contributed by atoms with Gasteiger partial charge in [0.15, 0.2) is 0 Å². The van der Waals surface area contributed by atoms with Crippen molar-refractivity contribution in [2.45, 2.75) is 136 Å². The number of carbonyl (C=O) groups is 6. The first-order chi connectivity index (χ1) is 21.5. The SMILES string of the molecule is C=CCCC(NC(=O)[C@@H]1C[C@@H](C(C)C)CN1C(=O)[C@@H](NC(=O)NC(C)(C)C)C1CCCCC1)C(=O)C(=O)NCCC(=O)CC(C)C. The third-order valence-corrected chi connectivity index (χ3v) is 8.87. The highest BCUT2D eigenvalue weighted by molar-refractivity contribution is 6.38. The Bertz CT molecular complexity index is 1090. The van der Waals surface area contributed by atoms with E-state index >= 15 is 0 Å². The Morgan fingerprint density at radius 2 is 1.59 bits per heavy atom. The van der Waals surface area contributed by atoms with E-state index in [1.54, 1.807) is 11.0 Å². The number of nitrogens with zero attached hydrogens (tertiary/aromatic N) is 1. The van der Waals surface area contributed by atoms with Crippen LogP contribution >= 0.6 is 0 Å². The molecule has 0 radical (unpaired) electrons. The van der Waals surface area contributed by atoms with Crippen molar-refractivity contribution in [3.63, 3.8) is 0 Å². The summed E-state index contributed by atoms with van der Waals surface area (Å²) in [6.07, 6.45) is 7.73. The summed E-state index contributed by atoms with van der Waals surface area (Å²) in [7, 11) is 0. The fourth-order valence-corrected chi connectivity index (χ4v) is 6.33. The fraction of sp³-hybridized carbons (Fsp3) is 0.771. The second kappa shape index (κ2) is 18.2. The maximum absolute atomic E-state index is 14.3. The molecule has 11 nitrogen and oxygen atoms in total. The minimum absolute atomic E-state index is 0.00173. The predicted octanol–water partition coefficient (Wildman–Crippen LogP) is 4.05. The first kappa shape index (κ1) is 38.9. The van der Waals surface area contributed by atoms with Gasteiger partial charge in [-0.1, -0.05) is 53.0 Å². The molecule has 0 aromatic rings. The van der Waals surface area contributed by atoms with Gasteiger partial charge in [-0.2, -0.15) is 0 Å². The molecule has 1 unspecified atom stereocenters. The molecule has 1 saturated heterocycles. The van der Waals surface area contributed by atoms with Crippen LogP contribution in [-0.4, -0.2) is 77.0 Å². The second-order valence-corrected chi connectivity index (χ2v) is 14.9. The van der Waals surface area contributed by atoms with Gasteiger partial charge in [-0.25, -0.2) is 4.79 Å². The standard InChI is InChI=1S/C35H59N5O6/c1-9-10-16-27(30(42)32(44)36-18-17-26(41)19-22(2)3)37-31(43)28-20-25(23(4)5)21-40(28)33(45)29(24-14-12-11-13-15-24)38-34(46)39-35(6,7)8/h9,22-25,27-29H,1,10-21H2,2-8H3,(H,36,44)(H,37,43)(H2,38,39,46)/t25-,27?,28+,29+/m1/s1. The third kappa shape index (κ3) is 12.5. The second-order valence-electron chi connectivity index (χ2n) is 14.9. The van der Waals surface area contributed by atoms with Crippen molar-refractivity contribution in [3.8, 4) is 0 Å². The lowest BCUT2D eigenvalue weighted by molar-refractivity contribution is -0.143. The molecule has 0 aromatic carbocycles. The van der Waals surface area contributed by atoms with Gasteiger partial charge in [-0.05, 0) is 76.5 Å². The molecule has 4 atom stereocenters. The zero-order valence-electron chi connectivity index (χ0n) is 29.2. The zero-order chi connectivity index (χ0) is 34.6. The van der Waals surface area contributed by atoms with Gasteiger partial charge in [0.05, 0.1) is 6.04 Å². The summed E-state index contributed by atoms with van der Waals surface area (Å²) in [6.45, 7) is 17.7. The highest BCUT2D eigenvalue weighted by atomic mass is 16.2. The summed E-state index contributed by atoms with van der Waals surface area (Å²) >= 11 is 0. The van der Waals surface area contributed by atoms with E-state index in [9.17, 15) is 28.8 Å². The zero-order valence-corrected chi connectivity index (χ0v) is 29.2. The molecule has 2 fully saturated rings. The molecule has 1 saturated carbocycles. The summed E-state index contributed by atoms with van der Waals surface area (Å²) in [5, 5.41) is 11.1. The Morgan fingerprint density at radius 3 is 2.15 bits per heavy atom. The molecule has 2 rings (SSSR count). The third-order valence-electron chi connectivity index (χ3n) is 8.87. The molecule has 0 bridgehead atoms. The van der Waals surface area contributed by atoms with Crippen LogP contribution in [0.2, 0.25) is 0 Å². The Morgan fingerprint density at radius 1 is 0.935 bits per heavy atom. The maximum atomic E-state index is 14.3. The van der Waals surface area contributed by atoms with Crippen LogP contribution in [0.3, 0.4) is 0 Å². The van der Waals surface area contributed by atoms with Crippen LogP contribution in [0.5, 0.6) is 0 Å². The Balaban J connectivity index is 2.25. The smallest absolute Gasteiger partial charge is 0.315 e. The van der Waals surface area contributed by atoms with E-state index in [1.807, 2.05) is 48.5 Å². The molecule has 1 aliphatic heterocycles. The van der Waals surface area contributed by atoms with Crippen molar-refractivity contribution in [2.75, 3.05) is 13.1 Å². The van der Waals surface area contributed by atoms with E-state index in [2.05, 4.69) is 27.8 Å². The van der Waals surface area contributed by atoms with Gasteiger partial charge in [0.2, 0.25) is 17.6 Å². The van der Waals surface area contributed by atoms with E-state index in [0.29, 0.717) is 25.8 Å². The van der Waals surface area contributed by atoms with Crippen LogP contribution in [0.25, 0.3) is 0 Å². The number of Topliss-reactive ketones (excluding diaryl/α,β-unsaturated/α-hetero) is 2. The summed E-state index contributed by atoms with van der Waals surface area (Å²) in [4.78, 5) is 80.8. The van der Waals surface area contributed by atoms with Crippen molar-refractivity contribution in [3.05, 3.63) is 12.7 Å². The average molecular weight is 646 g/mol. The van der Waals surface area contributed by atoms with Crippen molar-refractivity contribution < 1.29 is 28.8 Å². The van der Waals surface area contributed by atoms with Crippen molar-refractivity contribution in [1.82, 2.24) is 26.2 Å². The number of allylic oxidation sites excluding steroid dienone is 1. The number of hydrogen-bond donors (Lipinski definition) is 4. The number of likely N-dealkylation sites (tertiary alicyclic amines) is 1. The van der Waals surface area contributed by atoms with Gasteiger partial charge in [-0.3, -0.25) is 24.0 Å². The van der Waals surface area contributed by atoms with Crippen LogP contribution in [0, 0.1) is 23.7 Å². The van der Waals surface area contributed by atoms with E-state index in [-0.39, 0.29) is 54.7 Å². The summed E-state index contributed by atoms with van der Waals surface area (Å²) < 4.78 is 0. The summed E-state index contributed by atoms with van der Waals surface area (Å²) in [5.41, 5.74) is -0.494. The number of rotatable bonds is 16. The molecule has 0 spiro atoms. The molecule has 2 aliphatic rings. The maximum Gasteiger partial charge on any atom is 0.315 e. The van der Waals surface area contributed by atoms with Crippen LogP contribution in [0.4, 0.5) is 4.79 Å². The average Bonchev–Trinajstić information content (AvgIpc) is 3.42. The molecule has 1 heterocycles. The van der Waals surface area contributed by atoms with Crippen molar-refractivity contribution in [2.24, 2.45) is 23.7 Å². The Labute approximate surface area is 275 Å². The lowest BCUT2D eigenvalue weighted by atomic mass is 9.83. The first-order valence-corrected chi connectivity index (χ1v) is 17.2. The number of amides is 5. The number of carbonyl (C=O) groups excluding carboxylic acids is 6. The molecule has 1 aliphatic carbocycles. The number of ketones is 2. The number of hydrogen-bond acceptors (Lipinski definition) is 6. The van der Waals surface area contributed by atoms with E-state index in [1.165, 1.54) is 0 Å². The van der Waals surface area contributed by atoms with Crippen LogP contribution in [0.1, 0.15) is 113 Å². The van der Waals surface area contributed by atoms with Crippen molar-refractivity contribution >= 4 is 35.3 Å². The highest BCUT2D eigenvalue weighted by Crippen LogP contribution is 2.33. The largest absolute Gasteiger partial charge is 0.349 e. The van der Waals surface area contributed by atoms with Crippen LogP contribution < -0.4 is 21.3 Å². The summed E-state index contributed by atoms with van der Waals surface area (Å²) in [5.74, 6) is -2.06. The van der Waals surface area contributed by atoms with Crippen molar-refractivity contribution in [1.29, 1.82) is 0 Å². The van der Waals surface area contributed by atoms with Gasteiger partial charge < -0.3 is 26.2 Å². The minimum Gasteiger partial charge on any atom is -0.349 e. The predicted molar refractivity (Wildman–Crippen MR) is 179 cm³/mol. The van der Waals surface area contributed by atoms with Gasteiger partial charge in [0.25, 0.3) is 5.91 Å². The topological polar surface area (TPSA) is 154 Å². The summed E-state index contributed by atoms with van der Waals surface area (Å²) in [6, 6.07) is -3.18. The lowest BCUT2D eigenvalue weighted by Crippen LogP contribution is -2.60. The lowest BCUT2D eigenvalue weighted by Gasteiger charge is -2.35. The normalized spacial score (nSPS) is 20.2. The van der Waals surface area contributed by atoms with E-state index in [0.717, 1.165) is 32.1 Å². The van der Waals surface area contributed by atoms with E-state index < -0.39 is 47.3 Å². The van der Waals surface area contributed by atoms with Crippen LogP contribution in [0.15, 0.2) is 12.7 Å². The molecular weight excluding hydrogens is 586 g/mol. The molecular formula is C35H59N5O6. The van der Waals surface area contributed by atoms with Gasteiger partial charge >= 0.3 is 6.03 Å². The Kier molecular flexibility index (Phi) is 15.4. The molecule has 46 heavy (non-hydrogen) atoms. The van der Waals surface area contributed by atoms with E-state index in [4.69, 9.17) is 0 Å². The van der Waals surface area contributed by atoms with Gasteiger partial charge in [-0.15, -0.1) is 6.58 Å². The minimum atomic E-state index is -1.11. The number of nitrogens with one attached hydrogen (secondary N) is 4. The Hall–Kier alpha value is -3.24. The van der Waals surface area contributed by atoms with Crippen LogP contribution in [-0.2, 0) is 24.0 Å². The first-order valence-electron chi connectivity index (χ1n) is 17.2. The molecule has 11 heteroatoms. The molecule has 260 valence electrons. The quantitative estimate of drug-likeness (QED) is 0.147. The van der Waals surface area contributed by atoms with Gasteiger partial charge in [0, 0.05) is 31.5 Å². The molecule has 4 N–H and O–H groups in total. The highest BCUT2D eigenvalue weighted by Gasteiger charge is 2.45. The molecule has 5 amide bonds. The number of urea groups is 1. The molecule has 0 aromatic heterocycles. The monoisotopic (exact) mass is 645 g/mol. The fourth-order valence-electron chi connectivity index (χ4n) is 6.33.